The molecule has 2 N–H and O–H groups in total. The number of carbonyl (C=O) groups is 1. The van der Waals surface area contributed by atoms with Crippen LogP contribution in [0.5, 0.6) is 0 Å². The van der Waals surface area contributed by atoms with Crippen molar-refractivity contribution in [3.63, 3.8) is 0 Å². The molecule has 0 radical (unpaired) electrons. The maximum atomic E-state index is 12.4. The molecule has 0 aliphatic carbocycles. The van der Waals surface area contributed by atoms with Crippen LogP contribution in [0.25, 0.3) is 10.6 Å². The van der Waals surface area contributed by atoms with E-state index in [0.717, 1.165) is 16.3 Å². The van der Waals surface area contributed by atoms with Crippen molar-refractivity contribution in [3.05, 3.63) is 23.0 Å². The molecule has 2 aromatic heterocycles. The molecule has 1 amide bonds. The molecule has 0 bridgehead atoms. The van der Waals surface area contributed by atoms with Crippen molar-refractivity contribution in [2.75, 3.05) is 13.6 Å². The van der Waals surface area contributed by atoms with E-state index < -0.39 is 0 Å². The Hall–Kier alpha value is -1.73. The van der Waals surface area contributed by atoms with Gasteiger partial charge in [0.2, 0.25) is 0 Å². The van der Waals surface area contributed by atoms with Crippen molar-refractivity contribution in [3.8, 4) is 10.6 Å². The normalized spacial score (nSPS) is 12.4. The number of amides is 1. The quantitative estimate of drug-likeness (QED) is 0.921. The number of rotatable bonds is 4. The van der Waals surface area contributed by atoms with Crippen molar-refractivity contribution in [1.82, 2.24) is 19.7 Å². The average Bonchev–Trinajstić information content (AvgIpc) is 3.02. The van der Waals surface area contributed by atoms with E-state index in [-0.39, 0.29) is 11.9 Å². The largest absolute Gasteiger partial charge is 0.337 e. The average molecular weight is 293 g/mol. The molecule has 2 rings (SSSR count). The Bertz CT molecular complexity index is 618. The second kappa shape index (κ2) is 5.72. The Morgan fingerprint density at radius 2 is 2.30 bits per heavy atom. The van der Waals surface area contributed by atoms with E-state index in [1.165, 1.54) is 11.3 Å². The van der Waals surface area contributed by atoms with Gasteiger partial charge in [0.1, 0.15) is 9.88 Å². The lowest BCUT2D eigenvalue weighted by Gasteiger charge is -2.23. The highest BCUT2D eigenvalue weighted by Gasteiger charge is 2.22. The van der Waals surface area contributed by atoms with Crippen LogP contribution in [0.4, 0.5) is 0 Å². The summed E-state index contributed by atoms with van der Waals surface area (Å²) >= 11 is 1.39. The highest BCUT2D eigenvalue weighted by Crippen LogP contribution is 2.28. The summed E-state index contributed by atoms with van der Waals surface area (Å²) in [6.45, 7) is 4.22. The molecule has 1 atom stereocenters. The van der Waals surface area contributed by atoms with Gasteiger partial charge in [-0.25, -0.2) is 4.98 Å². The van der Waals surface area contributed by atoms with Crippen LogP contribution >= 0.6 is 11.3 Å². The molecule has 0 saturated carbocycles. The second-order valence-corrected chi connectivity index (χ2v) is 5.84. The van der Waals surface area contributed by atoms with Crippen LogP contribution in [0.2, 0.25) is 0 Å². The number of aryl methyl sites for hydroxylation is 2. The minimum Gasteiger partial charge on any atom is -0.337 e. The van der Waals surface area contributed by atoms with E-state index in [4.69, 9.17) is 5.73 Å². The van der Waals surface area contributed by atoms with E-state index in [1.54, 1.807) is 22.8 Å². The zero-order valence-electron chi connectivity index (χ0n) is 12.1. The second-order valence-electron chi connectivity index (χ2n) is 4.84. The maximum absolute atomic E-state index is 12.4. The van der Waals surface area contributed by atoms with E-state index in [9.17, 15) is 4.79 Å². The number of aromatic nitrogens is 3. The molecule has 2 heterocycles. The Labute approximate surface area is 122 Å². The minimum atomic E-state index is -0.0342. The van der Waals surface area contributed by atoms with Crippen LogP contribution in [-0.4, -0.2) is 45.2 Å². The van der Waals surface area contributed by atoms with Crippen LogP contribution in [0.3, 0.4) is 0 Å². The number of nitrogens with two attached hydrogens (primary N) is 1. The number of hydrogen-bond acceptors (Lipinski definition) is 5. The van der Waals surface area contributed by atoms with E-state index in [1.807, 2.05) is 27.1 Å². The molecule has 6 nitrogen and oxygen atoms in total. The van der Waals surface area contributed by atoms with Gasteiger partial charge in [-0.1, -0.05) is 0 Å². The minimum absolute atomic E-state index is 0.00541. The molecule has 0 saturated heterocycles. The molecule has 2 aromatic rings. The summed E-state index contributed by atoms with van der Waals surface area (Å²) in [6.07, 6.45) is 3.64. The fraction of sp³-hybridized carbons (Fsp3) is 0.462. The summed E-state index contributed by atoms with van der Waals surface area (Å²) in [5, 5.41) is 4.94. The van der Waals surface area contributed by atoms with Crippen molar-refractivity contribution >= 4 is 17.2 Å². The van der Waals surface area contributed by atoms with Crippen molar-refractivity contribution in [2.24, 2.45) is 12.8 Å². The molecule has 0 aromatic carbocycles. The topological polar surface area (TPSA) is 77.0 Å². The van der Waals surface area contributed by atoms with Gasteiger partial charge in [0.15, 0.2) is 0 Å². The molecular weight excluding hydrogens is 274 g/mol. The summed E-state index contributed by atoms with van der Waals surface area (Å²) in [4.78, 5) is 19.2. The number of hydrogen-bond donors (Lipinski definition) is 1. The standard InChI is InChI=1S/C13H19N5OS/c1-8(5-14)18(4)13(19)11-9(2)16-12(20-11)10-6-15-17(3)7-10/h6-8H,5,14H2,1-4H3. The first-order chi connectivity index (χ1) is 9.43. The SMILES string of the molecule is Cc1nc(-c2cnn(C)c2)sc1C(=O)N(C)C(C)CN. The van der Waals surface area contributed by atoms with Gasteiger partial charge in [0, 0.05) is 38.4 Å². The van der Waals surface area contributed by atoms with Crippen LogP contribution in [-0.2, 0) is 7.05 Å². The van der Waals surface area contributed by atoms with Gasteiger partial charge in [-0.05, 0) is 13.8 Å². The predicted octanol–water partition coefficient (Wildman–Crippen LogP) is 1.27. The Morgan fingerprint density at radius 1 is 1.60 bits per heavy atom. The van der Waals surface area contributed by atoms with Crippen LogP contribution < -0.4 is 5.73 Å². The predicted molar refractivity (Wildman–Crippen MR) is 79.7 cm³/mol. The molecular formula is C13H19N5OS. The first-order valence-electron chi connectivity index (χ1n) is 6.37. The lowest BCUT2D eigenvalue weighted by molar-refractivity contribution is 0.0752. The van der Waals surface area contributed by atoms with Gasteiger partial charge in [0.25, 0.3) is 5.91 Å². The third kappa shape index (κ3) is 2.73. The molecule has 1 unspecified atom stereocenters. The summed E-state index contributed by atoms with van der Waals surface area (Å²) in [5.74, 6) is -0.0342. The lowest BCUT2D eigenvalue weighted by atomic mass is 10.2. The lowest BCUT2D eigenvalue weighted by Crippen LogP contribution is -2.39. The Morgan fingerprint density at radius 3 is 2.85 bits per heavy atom. The first-order valence-corrected chi connectivity index (χ1v) is 7.19. The van der Waals surface area contributed by atoms with Crippen molar-refractivity contribution in [2.45, 2.75) is 19.9 Å². The van der Waals surface area contributed by atoms with E-state index in [2.05, 4.69) is 10.1 Å². The van der Waals surface area contributed by atoms with Gasteiger partial charge in [-0.15, -0.1) is 11.3 Å². The van der Waals surface area contributed by atoms with Gasteiger partial charge < -0.3 is 10.6 Å². The van der Waals surface area contributed by atoms with E-state index >= 15 is 0 Å². The van der Waals surface area contributed by atoms with Crippen molar-refractivity contribution in [1.29, 1.82) is 0 Å². The van der Waals surface area contributed by atoms with Gasteiger partial charge in [-0.3, -0.25) is 9.48 Å². The Balaban J connectivity index is 2.30. The maximum Gasteiger partial charge on any atom is 0.265 e. The molecule has 0 aliphatic heterocycles. The van der Waals surface area contributed by atoms with Crippen LogP contribution in [0.1, 0.15) is 22.3 Å². The molecule has 7 heteroatoms. The fourth-order valence-electron chi connectivity index (χ4n) is 1.77. The monoisotopic (exact) mass is 293 g/mol. The molecule has 108 valence electrons. The first kappa shape index (κ1) is 14.7. The summed E-state index contributed by atoms with van der Waals surface area (Å²) in [5.41, 5.74) is 7.28. The van der Waals surface area contributed by atoms with Gasteiger partial charge in [-0.2, -0.15) is 5.10 Å². The number of carbonyl (C=O) groups excluding carboxylic acids is 1. The number of likely N-dealkylation sites (N-methyl/N-ethyl adjacent to an activating group) is 1. The van der Waals surface area contributed by atoms with E-state index in [0.29, 0.717) is 11.4 Å². The molecule has 20 heavy (non-hydrogen) atoms. The highest BCUT2D eigenvalue weighted by atomic mass is 32.1. The molecule has 0 fully saturated rings. The zero-order valence-corrected chi connectivity index (χ0v) is 12.9. The molecule has 0 spiro atoms. The molecule has 0 aliphatic rings. The summed E-state index contributed by atoms with van der Waals surface area (Å²) in [6, 6.07) is 0.00541. The Kier molecular flexibility index (Phi) is 4.20. The smallest absolute Gasteiger partial charge is 0.265 e. The summed E-state index contributed by atoms with van der Waals surface area (Å²) in [7, 11) is 3.62. The van der Waals surface area contributed by atoms with Crippen LogP contribution in [0.15, 0.2) is 12.4 Å². The highest BCUT2D eigenvalue weighted by molar-refractivity contribution is 7.17. The third-order valence-electron chi connectivity index (χ3n) is 3.27. The van der Waals surface area contributed by atoms with Crippen molar-refractivity contribution < 1.29 is 4.79 Å². The van der Waals surface area contributed by atoms with Crippen LogP contribution in [0, 0.1) is 6.92 Å². The van der Waals surface area contributed by atoms with Gasteiger partial charge in [0.05, 0.1) is 11.9 Å². The fourth-order valence-corrected chi connectivity index (χ4v) is 2.79. The zero-order chi connectivity index (χ0) is 14.9. The number of nitrogens with zero attached hydrogens (tertiary/aromatic N) is 4. The third-order valence-corrected chi connectivity index (χ3v) is 4.46. The van der Waals surface area contributed by atoms with Gasteiger partial charge >= 0.3 is 0 Å². The summed E-state index contributed by atoms with van der Waals surface area (Å²) < 4.78 is 1.72. The number of thiazole rings is 1.